The van der Waals surface area contributed by atoms with Crippen molar-refractivity contribution in [2.75, 3.05) is 19.6 Å². The molecule has 1 heterocycles. The second kappa shape index (κ2) is 6.68. The molecule has 1 unspecified atom stereocenters. The van der Waals surface area contributed by atoms with Crippen LogP contribution in [0.3, 0.4) is 0 Å². The van der Waals surface area contributed by atoms with Gasteiger partial charge in [-0.05, 0) is 37.9 Å². The van der Waals surface area contributed by atoms with Crippen molar-refractivity contribution in [2.24, 2.45) is 11.7 Å². The van der Waals surface area contributed by atoms with E-state index in [2.05, 4.69) is 18.7 Å². The van der Waals surface area contributed by atoms with Crippen LogP contribution in [-0.2, 0) is 5.54 Å². The second-order valence-corrected chi connectivity index (χ2v) is 6.37. The number of hydrogen-bond acceptors (Lipinski definition) is 2. The smallest absolute Gasteiger partial charge is 0.128 e. The van der Waals surface area contributed by atoms with Crippen molar-refractivity contribution in [1.82, 2.24) is 4.90 Å². The summed E-state index contributed by atoms with van der Waals surface area (Å²) in [4.78, 5) is 2.42. The number of benzene rings is 1. The van der Waals surface area contributed by atoms with Gasteiger partial charge in [0, 0.05) is 12.1 Å². The van der Waals surface area contributed by atoms with Crippen molar-refractivity contribution in [3.63, 3.8) is 0 Å². The Bertz CT molecular complexity index is 425. The molecule has 1 aliphatic rings. The average Bonchev–Trinajstić information content (AvgIpc) is 2.67. The van der Waals surface area contributed by atoms with Crippen molar-refractivity contribution >= 4 is 0 Å². The van der Waals surface area contributed by atoms with E-state index in [0.717, 1.165) is 19.6 Å². The SMILES string of the molecule is CC(C)C(N)(CN1CCCCCC1)c1ccccc1F. The zero-order valence-electron chi connectivity index (χ0n) is 12.7. The fraction of sp³-hybridized carbons (Fsp3) is 0.647. The topological polar surface area (TPSA) is 29.3 Å². The zero-order valence-corrected chi connectivity index (χ0v) is 12.7. The minimum absolute atomic E-state index is 0.182. The summed E-state index contributed by atoms with van der Waals surface area (Å²) in [5.74, 6) is 0.0150. The van der Waals surface area contributed by atoms with Crippen LogP contribution >= 0.6 is 0 Å². The molecular weight excluding hydrogens is 251 g/mol. The molecule has 1 fully saturated rings. The molecule has 0 amide bonds. The number of nitrogens with zero attached hydrogens (tertiary/aromatic N) is 1. The molecule has 1 saturated heterocycles. The molecule has 0 spiro atoms. The Morgan fingerprint density at radius 1 is 1.15 bits per heavy atom. The summed E-state index contributed by atoms with van der Waals surface area (Å²) in [6.07, 6.45) is 5.06. The van der Waals surface area contributed by atoms with Gasteiger partial charge in [-0.25, -0.2) is 4.39 Å². The standard InChI is InChI=1S/C17H27FN2/c1-14(2)17(19,15-9-5-6-10-16(15)18)13-20-11-7-3-4-8-12-20/h5-6,9-10,14H,3-4,7-8,11-13,19H2,1-2H3. The molecule has 2 N–H and O–H groups in total. The summed E-state index contributed by atoms with van der Waals surface area (Å²) in [5, 5.41) is 0. The summed E-state index contributed by atoms with van der Waals surface area (Å²) < 4.78 is 14.2. The average molecular weight is 278 g/mol. The van der Waals surface area contributed by atoms with Crippen molar-refractivity contribution in [3.8, 4) is 0 Å². The number of nitrogens with two attached hydrogens (primary N) is 1. The van der Waals surface area contributed by atoms with Gasteiger partial charge in [0.05, 0.1) is 5.54 Å². The molecule has 1 atom stereocenters. The maximum atomic E-state index is 14.2. The van der Waals surface area contributed by atoms with E-state index in [1.165, 1.54) is 31.7 Å². The van der Waals surface area contributed by atoms with E-state index in [9.17, 15) is 4.39 Å². The lowest BCUT2D eigenvalue weighted by Gasteiger charge is -2.39. The third-order valence-corrected chi connectivity index (χ3v) is 4.59. The van der Waals surface area contributed by atoms with Gasteiger partial charge in [0.2, 0.25) is 0 Å². The Balaban J connectivity index is 2.23. The van der Waals surface area contributed by atoms with Gasteiger partial charge in [-0.2, -0.15) is 0 Å². The quantitative estimate of drug-likeness (QED) is 0.913. The summed E-state index contributed by atoms with van der Waals surface area (Å²) in [7, 11) is 0. The second-order valence-electron chi connectivity index (χ2n) is 6.37. The first-order valence-electron chi connectivity index (χ1n) is 7.80. The van der Waals surface area contributed by atoms with Gasteiger partial charge in [0.1, 0.15) is 5.82 Å². The van der Waals surface area contributed by atoms with Gasteiger partial charge < -0.3 is 10.6 Å². The molecule has 1 aliphatic heterocycles. The molecule has 3 heteroatoms. The van der Waals surface area contributed by atoms with E-state index in [4.69, 9.17) is 5.73 Å². The molecule has 2 rings (SSSR count). The number of hydrogen-bond donors (Lipinski definition) is 1. The van der Waals surface area contributed by atoms with E-state index in [0.29, 0.717) is 5.56 Å². The molecule has 0 bridgehead atoms. The molecule has 112 valence electrons. The maximum Gasteiger partial charge on any atom is 0.128 e. The highest BCUT2D eigenvalue weighted by Gasteiger charge is 2.35. The first kappa shape index (κ1) is 15.5. The van der Waals surface area contributed by atoms with Crippen LogP contribution in [0.25, 0.3) is 0 Å². The highest BCUT2D eigenvalue weighted by Crippen LogP contribution is 2.30. The highest BCUT2D eigenvalue weighted by molar-refractivity contribution is 5.27. The van der Waals surface area contributed by atoms with Crippen LogP contribution in [0.4, 0.5) is 4.39 Å². The molecule has 1 aromatic rings. The third-order valence-electron chi connectivity index (χ3n) is 4.59. The highest BCUT2D eigenvalue weighted by atomic mass is 19.1. The van der Waals surface area contributed by atoms with Gasteiger partial charge >= 0.3 is 0 Å². The zero-order chi connectivity index (χ0) is 14.6. The fourth-order valence-corrected chi connectivity index (χ4v) is 3.08. The summed E-state index contributed by atoms with van der Waals surface area (Å²) in [6, 6.07) is 6.96. The van der Waals surface area contributed by atoms with E-state index in [-0.39, 0.29) is 11.7 Å². The number of rotatable bonds is 4. The fourth-order valence-electron chi connectivity index (χ4n) is 3.08. The van der Waals surface area contributed by atoms with Gasteiger partial charge in [0.15, 0.2) is 0 Å². The lowest BCUT2D eigenvalue weighted by Crippen LogP contribution is -2.52. The van der Waals surface area contributed by atoms with Crippen molar-refractivity contribution in [2.45, 2.75) is 45.1 Å². The molecule has 20 heavy (non-hydrogen) atoms. The Morgan fingerprint density at radius 2 is 1.75 bits per heavy atom. The summed E-state index contributed by atoms with van der Waals surface area (Å²) in [6.45, 7) is 7.08. The first-order valence-corrected chi connectivity index (χ1v) is 7.80. The predicted octanol–water partition coefficient (Wildman–Crippen LogP) is 3.51. The lowest BCUT2D eigenvalue weighted by atomic mass is 9.80. The molecule has 0 aromatic heterocycles. The molecule has 0 saturated carbocycles. The van der Waals surface area contributed by atoms with Crippen LogP contribution in [-0.4, -0.2) is 24.5 Å². The minimum Gasteiger partial charge on any atom is -0.320 e. The molecular formula is C17H27FN2. The molecule has 1 aromatic carbocycles. The van der Waals surface area contributed by atoms with Crippen LogP contribution in [0.1, 0.15) is 45.1 Å². The van der Waals surface area contributed by atoms with Crippen molar-refractivity contribution in [1.29, 1.82) is 0 Å². The Labute approximate surface area is 122 Å². The molecule has 0 aliphatic carbocycles. The molecule has 2 nitrogen and oxygen atoms in total. The Morgan fingerprint density at radius 3 is 2.30 bits per heavy atom. The third kappa shape index (κ3) is 3.39. The first-order chi connectivity index (χ1) is 9.54. The van der Waals surface area contributed by atoms with Crippen molar-refractivity contribution < 1.29 is 4.39 Å². The van der Waals surface area contributed by atoms with Crippen LogP contribution in [0.5, 0.6) is 0 Å². The van der Waals surface area contributed by atoms with E-state index < -0.39 is 5.54 Å². The number of likely N-dealkylation sites (tertiary alicyclic amines) is 1. The van der Waals surface area contributed by atoms with E-state index in [1.54, 1.807) is 6.07 Å². The van der Waals surface area contributed by atoms with Gasteiger partial charge in [0.25, 0.3) is 0 Å². The summed E-state index contributed by atoms with van der Waals surface area (Å²) in [5.41, 5.74) is 6.70. The largest absolute Gasteiger partial charge is 0.320 e. The van der Waals surface area contributed by atoms with Crippen molar-refractivity contribution in [3.05, 3.63) is 35.6 Å². The Hall–Kier alpha value is -0.930. The van der Waals surface area contributed by atoms with Gasteiger partial charge in [-0.15, -0.1) is 0 Å². The van der Waals surface area contributed by atoms with Crippen LogP contribution in [0.15, 0.2) is 24.3 Å². The summed E-state index contributed by atoms with van der Waals surface area (Å²) >= 11 is 0. The van der Waals surface area contributed by atoms with Gasteiger partial charge in [-0.3, -0.25) is 0 Å². The lowest BCUT2D eigenvalue weighted by molar-refractivity contribution is 0.172. The van der Waals surface area contributed by atoms with Crippen LogP contribution < -0.4 is 5.73 Å². The number of halogens is 1. The van der Waals surface area contributed by atoms with Crippen LogP contribution in [0.2, 0.25) is 0 Å². The van der Waals surface area contributed by atoms with Crippen LogP contribution in [0, 0.1) is 11.7 Å². The van der Waals surface area contributed by atoms with E-state index in [1.807, 2.05) is 12.1 Å². The van der Waals surface area contributed by atoms with E-state index >= 15 is 0 Å². The Kier molecular flexibility index (Phi) is 5.17. The minimum atomic E-state index is -0.615. The maximum absolute atomic E-state index is 14.2. The van der Waals surface area contributed by atoms with Gasteiger partial charge in [-0.1, -0.05) is 44.9 Å². The molecule has 0 radical (unpaired) electrons. The monoisotopic (exact) mass is 278 g/mol. The predicted molar refractivity (Wildman–Crippen MR) is 82.0 cm³/mol. The normalized spacial score (nSPS) is 20.6.